The van der Waals surface area contributed by atoms with E-state index in [-0.39, 0.29) is 11.7 Å². The molecule has 1 aromatic carbocycles. The maximum absolute atomic E-state index is 12.0. The quantitative estimate of drug-likeness (QED) is 0.719. The number of anilines is 1. The Bertz CT molecular complexity index is 1000. The van der Waals surface area contributed by atoms with Gasteiger partial charge in [-0.1, -0.05) is 16.9 Å². The number of carbonyl (C=O) groups excluding carboxylic acids is 1. The van der Waals surface area contributed by atoms with E-state index in [1.807, 2.05) is 32.0 Å². The Morgan fingerprint density at radius 1 is 1.24 bits per heavy atom. The number of benzene rings is 1. The molecule has 1 amide bonds. The lowest BCUT2D eigenvalue weighted by molar-refractivity contribution is -0.113. The highest BCUT2D eigenvalue weighted by molar-refractivity contribution is 8.00. The van der Waals surface area contributed by atoms with Crippen LogP contribution < -0.4 is 5.32 Å². The van der Waals surface area contributed by atoms with Gasteiger partial charge in [-0.2, -0.15) is 5.26 Å². The first kappa shape index (κ1) is 17.0. The Kier molecular flexibility index (Phi) is 4.72. The highest BCUT2D eigenvalue weighted by Gasteiger charge is 2.12. The van der Waals surface area contributed by atoms with Crippen molar-refractivity contribution in [3.05, 3.63) is 46.7 Å². The summed E-state index contributed by atoms with van der Waals surface area (Å²) in [6, 6.07) is 9.63. The zero-order valence-corrected chi connectivity index (χ0v) is 14.9. The lowest BCUT2D eigenvalue weighted by Gasteiger charge is -2.08. The molecule has 2 heterocycles. The number of pyridine rings is 1. The molecule has 0 spiro atoms. The van der Waals surface area contributed by atoms with Crippen LogP contribution in [-0.4, -0.2) is 21.8 Å². The Balaban J connectivity index is 1.79. The second-order valence-electron chi connectivity index (χ2n) is 5.74. The molecular formula is C18H16N4O2S. The molecule has 25 heavy (non-hydrogen) atoms. The fraction of sp³-hybridized carbons (Fsp3) is 0.222. The number of thioether (sulfide) groups is 1. The molecular weight excluding hydrogens is 336 g/mol. The van der Waals surface area contributed by atoms with Crippen LogP contribution in [0.2, 0.25) is 0 Å². The summed E-state index contributed by atoms with van der Waals surface area (Å²) in [5.41, 5.74) is 3.57. The van der Waals surface area contributed by atoms with Crippen LogP contribution in [-0.2, 0) is 4.79 Å². The van der Waals surface area contributed by atoms with Gasteiger partial charge in [0, 0.05) is 11.5 Å². The van der Waals surface area contributed by atoms with Crippen LogP contribution in [0.5, 0.6) is 0 Å². The average molecular weight is 352 g/mol. The Labute approximate surface area is 149 Å². The van der Waals surface area contributed by atoms with Crippen molar-refractivity contribution >= 4 is 34.4 Å². The molecule has 7 heteroatoms. The lowest BCUT2D eigenvalue weighted by Crippen LogP contribution is -2.14. The number of hydrogen-bond donors (Lipinski definition) is 1. The fourth-order valence-corrected chi connectivity index (χ4v) is 3.11. The minimum Gasteiger partial charge on any atom is -0.360 e. The van der Waals surface area contributed by atoms with Gasteiger partial charge in [0.2, 0.25) is 5.91 Å². The van der Waals surface area contributed by atoms with Crippen LogP contribution in [0.3, 0.4) is 0 Å². The maximum Gasteiger partial charge on any atom is 0.236 e. The Hall–Kier alpha value is -2.85. The van der Waals surface area contributed by atoms with Crippen molar-refractivity contribution in [3.8, 4) is 6.07 Å². The topological polar surface area (TPSA) is 91.8 Å². The molecule has 0 saturated heterocycles. The van der Waals surface area contributed by atoms with Crippen LogP contribution >= 0.6 is 11.8 Å². The molecule has 6 nitrogen and oxygen atoms in total. The van der Waals surface area contributed by atoms with Crippen LogP contribution in [0.1, 0.15) is 22.5 Å². The molecule has 0 saturated carbocycles. The van der Waals surface area contributed by atoms with Gasteiger partial charge in [-0.05, 0) is 50.1 Å². The molecule has 2 aromatic heterocycles. The number of aromatic nitrogens is 2. The second-order valence-corrected chi connectivity index (χ2v) is 6.71. The summed E-state index contributed by atoms with van der Waals surface area (Å²) in [5, 5.41) is 17.2. The number of nitriles is 1. The lowest BCUT2D eigenvalue weighted by atomic mass is 10.1. The van der Waals surface area contributed by atoms with Crippen LogP contribution in [0.15, 0.2) is 33.8 Å². The van der Waals surface area contributed by atoms with Crippen molar-refractivity contribution in [2.75, 3.05) is 11.1 Å². The third-order valence-electron chi connectivity index (χ3n) is 3.75. The summed E-state index contributed by atoms with van der Waals surface area (Å²) in [6.07, 6.45) is 0. The summed E-state index contributed by atoms with van der Waals surface area (Å²) in [6.45, 7) is 5.80. The van der Waals surface area contributed by atoms with Crippen LogP contribution in [0.25, 0.3) is 10.9 Å². The van der Waals surface area contributed by atoms with E-state index >= 15 is 0 Å². The van der Waals surface area contributed by atoms with Crippen molar-refractivity contribution in [2.24, 2.45) is 0 Å². The van der Waals surface area contributed by atoms with E-state index in [0.29, 0.717) is 22.2 Å². The van der Waals surface area contributed by atoms with Gasteiger partial charge < -0.3 is 9.84 Å². The Morgan fingerprint density at radius 3 is 2.68 bits per heavy atom. The number of aryl methyl sites for hydroxylation is 3. The molecule has 3 rings (SSSR count). The SMILES string of the molecule is Cc1cc(NC(=O)CSc2nc3cc(C)c(C)cc3cc2C#N)no1. The monoisotopic (exact) mass is 352 g/mol. The van der Waals surface area contributed by atoms with E-state index in [0.717, 1.165) is 22.0 Å². The molecule has 126 valence electrons. The molecule has 0 atom stereocenters. The highest BCUT2D eigenvalue weighted by Crippen LogP contribution is 2.26. The van der Waals surface area contributed by atoms with E-state index in [9.17, 15) is 10.1 Å². The third kappa shape index (κ3) is 3.80. The molecule has 0 aliphatic heterocycles. The largest absolute Gasteiger partial charge is 0.360 e. The van der Waals surface area contributed by atoms with Crippen molar-refractivity contribution in [1.82, 2.24) is 10.1 Å². The molecule has 0 unspecified atom stereocenters. The third-order valence-corrected chi connectivity index (χ3v) is 4.74. The van der Waals surface area contributed by atoms with Crippen molar-refractivity contribution in [3.63, 3.8) is 0 Å². The summed E-state index contributed by atoms with van der Waals surface area (Å²) >= 11 is 1.23. The van der Waals surface area contributed by atoms with E-state index in [4.69, 9.17) is 4.52 Å². The van der Waals surface area contributed by atoms with E-state index in [1.54, 1.807) is 13.0 Å². The Morgan fingerprint density at radius 2 is 2.00 bits per heavy atom. The molecule has 3 aromatic rings. The number of carbonyl (C=O) groups is 1. The van der Waals surface area contributed by atoms with Crippen molar-refractivity contribution in [2.45, 2.75) is 25.8 Å². The van der Waals surface area contributed by atoms with E-state index in [2.05, 4.69) is 21.5 Å². The zero-order chi connectivity index (χ0) is 18.0. The molecule has 0 fully saturated rings. The summed E-state index contributed by atoms with van der Waals surface area (Å²) < 4.78 is 4.91. The van der Waals surface area contributed by atoms with Gasteiger partial charge in [0.05, 0.1) is 16.8 Å². The summed E-state index contributed by atoms with van der Waals surface area (Å²) in [7, 11) is 0. The molecule has 0 aliphatic rings. The van der Waals surface area contributed by atoms with Gasteiger partial charge in [-0.15, -0.1) is 0 Å². The highest BCUT2D eigenvalue weighted by atomic mass is 32.2. The van der Waals surface area contributed by atoms with Crippen molar-refractivity contribution in [1.29, 1.82) is 5.26 Å². The maximum atomic E-state index is 12.0. The minimum absolute atomic E-state index is 0.129. The van der Waals surface area contributed by atoms with Gasteiger partial charge in [-0.25, -0.2) is 4.98 Å². The van der Waals surface area contributed by atoms with Gasteiger partial charge in [0.1, 0.15) is 16.9 Å². The number of rotatable bonds is 4. The van der Waals surface area contributed by atoms with Gasteiger partial charge in [0.25, 0.3) is 0 Å². The predicted octanol–water partition coefficient (Wildman–Crippen LogP) is 3.75. The predicted molar refractivity (Wildman–Crippen MR) is 96.5 cm³/mol. The molecule has 0 radical (unpaired) electrons. The van der Waals surface area contributed by atoms with Gasteiger partial charge in [0.15, 0.2) is 5.82 Å². The van der Waals surface area contributed by atoms with Crippen molar-refractivity contribution < 1.29 is 9.32 Å². The number of nitrogens with one attached hydrogen (secondary N) is 1. The van der Waals surface area contributed by atoms with Gasteiger partial charge >= 0.3 is 0 Å². The molecule has 0 bridgehead atoms. The summed E-state index contributed by atoms with van der Waals surface area (Å²) in [5.74, 6) is 0.895. The smallest absolute Gasteiger partial charge is 0.236 e. The number of nitrogens with zero attached hydrogens (tertiary/aromatic N) is 3. The normalized spacial score (nSPS) is 10.6. The fourth-order valence-electron chi connectivity index (χ4n) is 2.35. The molecule has 1 N–H and O–H groups in total. The zero-order valence-electron chi connectivity index (χ0n) is 14.1. The second kappa shape index (κ2) is 6.95. The number of amides is 1. The minimum atomic E-state index is -0.232. The first-order chi connectivity index (χ1) is 12.0. The number of hydrogen-bond acceptors (Lipinski definition) is 6. The van der Waals surface area contributed by atoms with Gasteiger partial charge in [-0.3, -0.25) is 4.79 Å². The first-order valence-electron chi connectivity index (χ1n) is 7.64. The first-order valence-corrected chi connectivity index (χ1v) is 8.63. The standard InChI is InChI=1S/C18H16N4O2S/c1-10-4-13-7-14(8-19)18(20-15(13)5-11(10)2)25-9-17(23)21-16-6-12(3)24-22-16/h4-7H,9H2,1-3H3,(H,21,22,23). The number of fused-ring (bicyclic) bond motifs is 1. The average Bonchev–Trinajstić information content (AvgIpc) is 2.98. The van der Waals surface area contributed by atoms with E-state index < -0.39 is 0 Å². The summed E-state index contributed by atoms with van der Waals surface area (Å²) in [4.78, 5) is 16.6. The van der Waals surface area contributed by atoms with Crippen LogP contribution in [0.4, 0.5) is 5.82 Å². The molecule has 0 aliphatic carbocycles. The van der Waals surface area contributed by atoms with Crippen LogP contribution in [0, 0.1) is 32.1 Å². The van der Waals surface area contributed by atoms with E-state index in [1.165, 1.54) is 11.8 Å².